The predicted molar refractivity (Wildman–Crippen MR) is 128 cm³/mol. The predicted octanol–water partition coefficient (Wildman–Crippen LogP) is 2.36. The number of nitrogens with two attached hydrogens (primary N) is 1. The zero-order chi connectivity index (χ0) is 27.3. The van der Waals surface area contributed by atoms with E-state index in [4.69, 9.17) is 5.73 Å². The van der Waals surface area contributed by atoms with Crippen LogP contribution in [0.5, 0.6) is 0 Å². The molecule has 3 aromatic rings. The van der Waals surface area contributed by atoms with Gasteiger partial charge in [0.15, 0.2) is 0 Å². The van der Waals surface area contributed by atoms with Gasteiger partial charge < -0.3 is 25.9 Å². The van der Waals surface area contributed by atoms with Crippen LogP contribution in [0.2, 0.25) is 0 Å². The second kappa shape index (κ2) is 11.4. The lowest BCUT2D eigenvalue weighted by Gasteiger charge is -2.33. The number of piperidine rings is 1. The molecule has 1 aliphatic heterocycles. The molecule has 0 bridgehead atoms. The summed E-state index contributed by atoms with van der Waals surface area (Å²) < 4.78 is 40.9. The van der Waals surface area contributed by atoms with E-state index in [2.05, 4.69) is 25.3 Å². The number of primary amides is 1. The van der Waals surface area contributed by atoms with Crippen LogP contribution in [-0.2, 0) is 30.2 Å². The van der Waals surface area contributed by atoms with Crippen molar-refractivity contribution in [3.8, 4) is 0 Å². The van der Waals surface area contributed by atoms with Crippen LogP contribution in [0.3, 0.4) is 0 Å². The number of benzene rings is 1. The summed E-state index contributed by atoms with van der Waals surface area (Å²) in [7, 11) is 0. The Morgan fingerprint density at radius 3 is 2.24 bits per heavy atom. The first-order chi connectivity index (χ1) is 18.1. The minimum absolute atomic E-state index is 0.000443. The Hall–Kier alpha value is -4.29. The van der Waals surface area contributed by atoms with E-state index < -0.39 is 23.7 Å². The third-order valence-electron chi connectivity index (χ3n) is 6.37. The molecule has 0 radical (unpaired) electrons. The fourth-order valence-electron chi connectivity index (χ4n) is 4.42. The third kappa shape index (κ3) is 6.72. The molecule has 2 aromatic heterocycles. The van der Waals surface area contributed by atoms with E-state index in [9.17, 15) is 27.9 Å². The number of amides is 2. The van der Waals surface area contributed by atoms with Gasteiger partial charge in [0.1, 0.15) is 6.09 Å². The summed E-state index contributed by atoms with van der Waals surface area (Å²) in [5.74, 6) is -0.418. The summed E-state index contributed by atoms with van der Waals surface area (Å²) in [6.45, 7) is 0.821. The zero-order valence-corrected chi connectivity index (χ0v) is 20.2. The molecule has 0 aliphatic carbocycles. The second-order valence-corrected chi connectivity index (χ2v) is 8.92. The van der Waals surface area contributed by atoms with Crippen LogP contribution in [0.25, 0.3) is 0 Å². The lowest BCUT2D eigenvalue weighted by atomic mass is 9.89. The highest BCUT2D eigenvalue weighted by Crippen LogP contribution is 2.33. The molecule has 1 fully saturated rings. The number of nitrogens with one attached hydrogen (secondary N) is 1. The summed E-state index contributed by atoms with van der Waals surface area (Å²) in [6, 6.07) is 7.33. The molecule has 0 unspecified atom stereocenters. The van der Waals surface area contributed by atoms with Crippen molar-refractivity contribution in [3.63, 3.8) is 0 Å². The minimum atomic E-state index is -4.65. The van der Waals surface area contributed by atoms with Crippen molar-refractivity contribution in [2.75, 3.05) is 18.4 Å². The number of aryl methyl sites for hydroxylation is 2. The van der Waals surface area contributed by atoms with Crippen molar-refractivity contribution in [3.05, 3.63) is 71.1 Å². The van der Waals surface area contributed by atoms with Crippen molar-refractivity contribution in [1.82, 2.24) is 24.8 Å². The summed E-state index contributed by atoms with van der Waals surface area (Å²) in [5, 5.41) is 13.9. The Balaban J connectivity index is 1.47. The molecule has 2 amide bonds. The number of hydrogen-bond donors (Lipinski definition) is 2. The van der Waals surface area contributed by atoms with Crippen LogP contribution in [0.15, 0.2) is 42.9 Å². The number of carbonyl (C=O) groups excluding carboxylic acids is 2. The maximum atomic E-state index is 13.6. The number of rotatable bonds is 8. The zero-order valence-electron chi connectivity index (χ0n) is 20.2. The van der Waals surface area contributed by atoms with Crippen LogP contribution in [0.4, 0.5) is 29.6 Å². The van der Waals surface area contributed by atoms with Gasteiger partial charge in [-0.15, -0.1) is 0 Å². The highest BCUT2D eigenvalue weighted by Gasteiger charge is 2.35. The first kappa shape index (κ1) is 26.8. The largest absolute Gasteiger partial charge is 0.530 e. The minimum Gasteiger partial charge on any atom is -0.530 e. The van der Waals surface area contributed by atoms with Gasteiger partial charge in [-0.1, -0.05) is 12.1 Å². The van der Waals surface area contributed by atoms with Gasteiger partial charge in [0, 0.05) is 37.4 Å². The van der Waals surface area contributed by atoms with Crippen molar-refractivity contribution < 1.29 is 27.9 Å². The van der Waals surface area contributed by atoms with E-state index in [0.717, 1.165) is 11.8 Å². The van der Waals surface area contributed by atoms with Gasteiger partial charge in [-0.3, -0.25) is 14.8 Å². The monoisotopic (exact) mass is 528 g/mol. The molecule has 4 rings (SSSR count). The molecule has 3 heterocycles. The maximum absolute atomic E-state index is 13.6. The molecule has 1 aromatic carbocycles. The van der Waals surface area contributed by atoms with E-state index >= 15 is 0 Å². The van der Waals surface area contributed by atoms with Crippen LogP contribution in [0.1, 0.15) is 47.0 Å². The first-order valence-electron chi connectivity index (χ1n) is 11.9. The molecule has 0 spiro atoms. The highest BCUT2D eigenvalue weighted by atomic mass is 19.4. The van der Waals surface area contributed by atoms with E-state index in [-0.39, 0.29) is 36.8 Å². The Morgan fingerprint density at radius 1 is 1.00 bits per heavy atom. The molecule has 1 aliphatic rings. The Morgan fingerprint density at radius 2 is 1.63 bits per heavy atom. The van der Waals surface area contributed by atoms with Crippen molar-refractivity contribution >= 4 is 23.6 Å². The Bertz CT molecular complexity index is 1290. The normalized spacial score (nSPS) is 14.3. The van der Waals surface area contributed by atoms with Gasteiger partial charge in [-0.05, 0) is 49.3 Å². The van der Waals surface area contributed by atoms with Gasteiger partial charge in [0.25, 0.3) is 0 Å². The summed E-state index contributed by atoms with van der Waals surface area (Å²) in [4.78, 5) is 39.8. The van der Waals surface area contributed by atoms with Crippen LogP contribution < -0.4 is 16.2 Å². The molecule has 0 saturated carbocycles. The number of hydrogen-bond acceptors (Lipinski definition) is 8. The molecule has 200 valence electrons. The lowest BCUT2D eigenvalue weighted by molar-refractivity contribution is -0.266. The molecule has 38 heavy (non-hydrogen) atoms. The second-order valence-electron chi connectivity index (χ2n) is 8.92. The molecule has 1 saturated heterocycles. The molecular weight excluding hydrogens is 503 g/mol. The summed E-state index contributed by atoms with van der Waals surface area (Å²) in [5.41, 5.74) is 6.36. The summed E-state index contributed by atoms with van der Waals surface area (Å²) in [6.07, 6.45) is -1.14. The van der Waals surface area contributed by atoms with Crippen LogP contribution in [0, 0.1) is 0 Å². The third-order valence-corrected chi connectivity index (χ3v) is 6.37. The number of carbonyl (C=O) groups is 2. The maximum Gasteiger partial charge on any atom is 0.419 e. The highest BCUT2D eigenvalue weighted by molar-refractivity contribution is 5.76. The molecule has 10 nitrogen and oxygen atoms in total. The van der Waals surface area contributed by atoms with Crippen molar-refractivity contribution in [2.45, 2.75) is 44.2 Å². The fraction of sp³-hybridized carbons (Fsp3) is 0.360. The first-order valence-corrected chi connectivity index (χ1v) is 11.9. The number of anilines is 2. The summed E-state index contributed by atoms with van der Waals surface area (Å²) >= 11 is 0. The van der Waals surface area contributed by atoms with E-state index in [1.807, 2.05) is 12.1 Å². The average molecular weight is 529 g/mol. The molecule has 13 heteroatoms. The lowest BCUT2D eigenvalue weighted by Crippen LogP contribution is -2.45. The van der Waals surface area contributed by atoms with Crippen molar-refractivity contribution in [2.24, 2.45) is 5.73 Å². The van der Waals surface area contributed by atoms with E-state index in [1.54, 1.807) is 12.1 Å². The van der Waals surface area contributed by atoms with Gasteiger partial charge >= 0.3 is 6.18 Å². The Kier molecular flexibility index (Phi) is 8.03. The van der Waals surface area contributed by atoms with Gasteiger partial charge in [-0.2, -0.15) is 13.2 Å². The number of carboxylic acid groups (broad SMARTS) is 1. The Labute approximate surface area is 216 Å². The number of halogens is 3. The van der Waals surface area contributed by atoms with E-state index in [1.165, 1.54) is 17.3 Å². The smallest absolute Gasteiger partial charge is 0.419 e. The van der Waals surface area contributed by atoms with Crippen LogP contribution in [-0.4, -0.2) is 49.9 Å². The topological polar surface area (TPSA) is 150 Å². The SMILES string of the molecule is NC(=O)Cc1nccnc1CCc1nc(Nc2ccc(C3CCN(C(=O)[O-])CC3)cc2)ncc1C(F)(F)F. The molecule has 0 atom stereocenters. The molecule has 3 N–H and O–H groups in total. The quantitative estimate of drug-likeness (QED) is 0.452. The molecular formula is C25H25F3N7O3-. The number of aromatic nitrogens is 4. The van der Waals surface area contributed by atoms with Gasteiger partial charge in [-0.25, -0.2) is 9.97 Å². The number of alkyl halides is 3. The number of likely N-dealkylation sites (tertiary alicyclic amines) is 1. The van der Waals surface area contributed by atoms with E-state index in [0.29, 0.717) is 43.0 Å². The standard InChI is InChI=1S/C25H26F3N7O3/c26-25(27,28)18-14-32-23(34-19(18)5-6-20-21(13-22(29)36)31-10-9-30-20)33-17-3-1-15(2-4-17)16-7-11-35(12-8-16)24(37)38/h1-4,9-10,14,16H,5-8,11-13H2,(H2,29,36)(H,37,38)(H,32,33,34)/p-1. The van der Waals surface area contributed by atoms with Gasteiger partial charge in [0.2, 0.25) is 11.9 Å². The fourth-order valence-corrected chi connectivity index (χ4v) is 4.42. The number of nitrogens with zero attached hydrogens (tertiary/aromatic N) is 5. The van der Waals surface area contributed by atoms with Gasteiger partial charge in [0.05, 0.1) is 29.1 Å². The average Bonchev–Trinajstić information content (AvgIpc) is 2.88. The van der Waals surface area contributed by atoms with Crippen molar-refractivity contribution in [1.29, 1.82) is 0 Å². The van der Waals surface area contributed by atoms with Crippen LogP contribution >= 0.6 is 0 Å².